The summed E-state index contributed by atoms with van der Waals surface area (Å²) < 4.78 is 16.2. The maximum absolute atomic E-state index is 11.9. The lowest BCUT2D eigenvalue weighted by Gasteiger charge is -2.26. The van der Waals surface area contributed by atoms with Gasteiger partial charge in [-0.1, -0.05) is 13.3 Å². The van der Waals surface area contributed by atoms with Gasteiger partial charge in [-0.05, 0) is 38.2 Å². The number of hydrogen-bond acceptors (Lipinski definition) is 5. The first-order valence-electron chi connectivity index (χ1n) is 8.21. The molecular formula is C18H30N2O4. The van der Waals surface area contributed by atoms with Gasteiger partial charge in [-0.3, -0.25) is 4.79 Å². The normalized spacial score (nSPS) is 12.0. The Morgan fingerprint density at radius 1 is 1.12 bits per heavy atom. The molecule has 6 nitrogen and oxygen atoms in total. The van der Waals surface area contributed by atoms with E-state index in [1.165, 1.54) is 0 Å². The van der Waals surface area contributed by atoms with E-state index in [0.29, 0.717) is 30.2 Å². The first-order valence-corrected chi connectivity index (χ1v) is 8.21. The quantitative estimate of drug-likeness (QED) is 0.711. The van der Waals surface area contributed by atoms with Crippen LogP contribution in [-0.4, -0.2) is 52.8 Å². The molecule has 0 aliphatic rings. The van der Waals surface area contributed by atoms with Gasteiger partial charge < -0.3 is 24.4 Å². The predicted octanol–water partition coefficient (Wildman–Crippen LogP) is 2.62. The number of rotatable bonds is 10. The standard InChI is InChI=1S/C18H30N2O4/c1-7-8-9-17(21)19-12-14(20(2)3)13-10-15(22-4)18(24-6)16(11-13)23-5/h10-11,14H,7-9,12H2,1-6H3,(H,19,21). The third-order valence-electron chi connectivity index (χ3n) is 3.95. The monoisotopic (exact) mass is 338 g/mol. The van der Waals surface area contributed by atoms with Crippen LogP contribution in [0.15, 0.2) is 12.1 Å². The first kappa shape index (κ1) is 20.1. The highest BCUT2D eigenvalue weighted by Gasteiger charge is 2.21. The lowest BCUT2D eigenvalue weighted by molar-refractivity contribution is -0.121. The van der Waals surface area contributed by atoms with Crippen LogP contribution in [-0.2, 0) is 4.79 Å². The van der Waals surface area contributed by atoms with Gasteiger partial charge in [0.2, 0.25) is 11.7 Å². The van der Waals surface area contributed by atoms with Crippen molar-refractivity contribution in [3.63, 3.8) is 0 Å². The molecule has 0 radical (unpaired) electrons. The second-order valence-corrected chi connectivity index (χ2v) is 5.85. The maximum Gasteiger partial charge on any atom is 0.220 e. The van der Waals surface area contributed by atoms with Crippen molar-refractivity contribution in [2.45, 2.75) is 32.2 Å². The lowest BCUT2D eigenvalue weighted by Crippen LogP contribution is -2.34. The number of nitrogens with one attached hydrogen (secondary N) is 1. The fraction of sp³-hybridized carbons (Fsp3) is 0.611. The number of methoxy groups -OCH3 is 3. The molecular weight excluding hydrogens is 308 g/mol. The molecule has 0 aliphatic carbocycles. The van der Waals surface area contributed by atoms with E-state index in [9.17, 15) is 4.79 Å². The Morgan fingerprint density at radius 2 is 1.71 bits per heavy atom. The predicted molar refractivity (Wildman–Crippen MR) is 95.1 cm³/mol. The van der Waals surface area contributed by atoms with Crippen LogP contribution in [0.25, 0.3) is 0 Å². The van der Waals surface area contributed by atoms with Gasteiger partial charge in [0, 0.05) is 13.0 Å². The van der Waals surface area contributed by atoms with Gasteiger partial charge in [-0.25, -0.2) is 0 Å². The average molecular weight is 338 g/mol. The molecule has 0 bridgehead atoms. The number of likely N-dealkylation sites (N-methyl/N-ethyl adjacent to an activating group) is 1. The Hall–Kier alpha value is -1.95. The summed E-state index contributed by atoms with van der Waals surface area (Å²) in [4.78, 5) is 14.0. The second kappa shape index (κ2) is 10.0. The molecule has 1 rings (SSSR count). The van der Waals surface area contributed by atoms with E-state index in [1.807, 2.05) is 26.2 Å². The summed E-state index contributed by atoms with van der Waals surface area (Å²) in [5.41, 5.74) is 0.991. The summed E-state index contributed by atoms with van der Waals surface area (Å²) in [6.07, 6.45) is 2.48. The molecule has 0 aromatic heterocycles. The number of amides is 1. The molecule has 0 spiro atoms. The van der Waals surface area contributed by atoms with Gasteiger partial charge in [0.05, 0.1) is 27.4 Å². The summed E-state index contributed by atoms with van der Waals surface area (Å²) in [5.74, 6) is 1.86. The van der Waals surface area contributed by atoms with E-state index in [0.717, 1.165) is 18.4 Å². The summed E-state index contributed by atoms with van der Waals surface area (Å²) in [6.45, 7) is 2.60. The third kappa shape index (κ3) is 5.30. The van der Waals surface area contributed by atoms with Crippen LogP contribution >= 0.6 is 0 Å². The van der Waals surface area contributed by atoms with Gasteiger partial charge in [-0.15, -0.1) is 0 Å². The van der Waals surface area contributed by atoms with Crippen LogP contribution < -0.4 is 19.5 Å². The van der Waals surface area contributed by atoms with Gasteiger partial charge in [-0.2, -0.15) is 0 Å². The average Bonchev–Trinajstić information content (AvgIpc) is 2.58. The van der Waals surface area contributed by atoms with Crippen molar-refractivity contribution in [3.05, 3.63) is 17.7 Å². The van der Waals surface area contributed by atoms with Crippen molar-refractivity contribution in [1.29, 1.82) is 0 Å². The summed E-state index contributed by atoms with van der Waals surface area (Å²) in [5, 5.41) is 3.01. The van der Waals surface area contributed by atoms with Crippen LogP contribution in [0, 0.1) is 0 Å². The minimum absolute atomic E-state index is 0.00397. The van der Waals surface area contributed by atoms with E-state index in [4.69, 9.17) is 14.2 Å². The van der Waals surface area contributed by atoms with Gasteiger partial charge >= 0.3 is 0 Å². The number of benzene rings is 1. The number of ether oxygens (including phenoxy) is 3. The van der Waals surface area contributed by atoms with Crippen LogP contribution in [0.5, 0.6) is 17.2 Å². The molecule has 0 saturated carbocycles. The Bertz CT molecular complexity index is 507. The summed E-state index contributed by atoms with van der Waals surface area (Å²) >= 11 is 0. The molecule has 1 atom stereocenters. The van der Waals surface area contributed by atoms with E-state index in [2.05, 4.69) is 17.1 Å². The van der Waals surface area contributed by atoms with Crippen molar-refractivity contribution in [2.75, 3.05) is 42.0 Å². The van der Waals surface area contributed by atoms with Crippen LogP contribution in [0.1, 0.15) is 37.8 Å². The zero-order valence-corrected chi connectivity index (χ0v) is 15.6. The summed E-state index contributed by atoms with van der Waals surface area (Å²) in [7, 11) is 8.73. The Kier molecular flexibility index (Phi) is 8.40. The number of carbonyl (C=O) groups is 1. The molecule has 0 aliphatic heterocycles. The molecule has 1 unspecified atom stereocenters. The zero-order chi connectivity index (χ0) is 18.1. The number of nitrogens with zero attached hydrogens (tertiary/aromatic N) is 1. The lowest BCUT2D eigenvalue weighted by atomic mass is 10.0. The summed E-state index contributed by atoms with van der Waals surface area (Å²) in [6, 6.07) is 3.85. The van der Waals surface area contributed by atoms with Crippen LogP contribution in [0.4, 0.5) is 0 Å². The molecule has 24 heavy (non-hydrogen) atoms. The van der Waals surface area contributed by atoms with Crippen molar-refractivity contribution in [2.24, 2.45) is 0 Å². The molecule has 1 N–H and O–H groups in total. The molecule has 6 heteroatoms. The van der Waals surface area contributed by atoms with E-state index in [-0.39, 0.29) is 11.9 Å². The smallest absolute Gasteiger partial charge is 0.220 e. The molecule has 1 aromatic carbocycles. The van der Waals surface area contributed by atoms with Crippen molar-refractivity contribution < 1.29 is 19.0 Å². The molecule has 0 fully saturated rings. The Morgan fingerprint density at radius 3 is 2.12 bits per heavy atom. The topological polar surface area (TPSA) is 60.0 Å². The van der Waals surface area contributed by atoms with Crippen LogP contribution in [0.2, 0.25) is 0 Å². The van der Waals surface area contributed by atoms with Crippen LogP contribution in [0.3, 0.4) is 0 Å². The fourth-order valence-corrected chi connectivity index (χ4v) is 2.53. The molecule has 1 aromatic rings. The minimum Gasteiger partial charge on any atom is -0.493 e. The van der Waals surface area contributed by atoms with Crippen molar-refractivity contribution >= 4 is 5.91 Å². The van der Waals surface area contributed by atoms with Gasteiger partial charge in [0.15, 0.2) is 11.5 Å². The van der Waals surface area contributed by atoms with Gasteiger partial charge in [0.1, 0.15) is 0 Å². The largest absolute Gasteiger partial charge is 0.493 e. The van der Waals surface area contributed by atoms with E-state index < -0.39 is 0 Å². The first-order chi connectivity index (χ1) is 11.5. The SMILES string of the molecule is CCCCC(=O)NCC(c1cc(OC)c(OC)c(OC)c1)N(C)C. The highest BCUT2D eigenvalue weighted by atomic mass is 16.5. The van der Waals surface area contributed by atoms with Crippen molar-refractivity contribution in [3.8, 4) is 17.2 Å². The van der Waals surface area contributed by atoms with Crippen molar-refractivity contribution in [1.82, 2.24) is 10.2 Å². The number of hydrogen-bond donors (Lipinski definition) is 1. The number of unbranched alkanes of at least 4 members (excludes halogenated alkanes) is 1. The zero-order valence-electron chi connectivity index (χ0n) is 15.6. The highest BCUT2D eigenvalue weighted by molar-refractivity contribution is 5.75. The highest BCUT2D eigenvalue weighted by Crippen LogP contribution is 2.40. The molecule has 136 valence electrons. The fourth-order valence-electron chi connectivity index (χ4n) is 2.53. The maximum atomic E-state index is 11.9. The van der Waals surface area contributed by atoms with Gasteiger partial charge in [0.25, 0.3) is 0 Å². The van der Waals surface area contributed by atoms with E-state index >= 15 is 0 Å². The minimum atomic E-state index is 0.00397. The Labute approximate surface area is 145 Å². The molecule has 1 amide bonds. The molecule has 0 saturated heterocycles. The molecule has 0 heterocycles. The van der Waals surface area contributed by atoms with E-state index in [1.54, 1.807) is 21.3 Å². The third-order valence-corrected chi connectivity index (χ3v) is 3.95. The second-order valence-electron chi connectivity index (χ2n) is 5.85. The Balaban J connectivity index is 3.01. The number of carbonyl (C=O) groups excluding carboxylic acids is 1.